The van der Waals surface area contributed by atoms with Gasteiger partial charge in [0, 0.05) is 22.9 Å². The van der Waals surface area contributed by atoms with Crippen molar-refractivity contribution in [2.45, 2.75) is 71.2 Å². The molecule has 0 radical (unpaired) electrons. The van der Waals surface area contributed by atoms with E-state index in [1.54, 1.807) is 11.8 Å². The van der Waals surface area contributed by atoms with Crippen LogP contribution in [0.3, 0.4) is 0 Å². The third-order valence-corrected chi connectivity index (χ3v) is 11.1. The molecule has 1 aliphatic carbocycles. The van der Waals surface area contributed by atoms with E-state index in [1.165, 1.54) is 29.6 Å². The number of thioether (sulfide) groups is 2. The predicted octanol–water partition coefficient (Wildman–Crippen LogP) is 6.80. The van der Waals surface area contributed by atoms with Crippen LogP contribution in [0, 0.1) is 5.92 Å². The first-order valence-electron chi connectivity index (χ1n) is 12.6. The molecule has 0 N–H and O–H groups in total. The molecular formula is C27H32F3NO4S3. The topological polar surface area (TPSA) is 63.7 Å². The number of carbonyl (C=O) groups is 1. The van der Waals surface area contributed by atoms with Crippen LogP contribution in [0.2, 0.25) is 0 Å². The SMILES string of the molecule is CCC(C1CCN(C(=O)c2c(SC)cc(OC3CC3)cc2SC)CC1)S(=O)(=O)c1cccc(C(F)(F)F)c1. The lowest BCUT2D eigenvalue weighted by molar-refractivity contribution is -0.137. The Bertz CT molecular complexity index is 1250. The maximum Gasteiger partial charge on any atom is 0.416 e. The number of benzene rings is 2. The molecule has 1 atom stereocenters. The molecule has 1 saturated heterocycles. The standard InChI is InChI=1S/C27H32F3NO4S3/c1-4-24(38(33,34)21-7-5-6-18(14-21)27(28,29)30)17-10-12-31(13-11-17)26(32)25-22(36-2)15-20(16-23(25)37-3)35-19-8-9-19/h5-7,14-17,19,24H,4,8-13H2,1-3H3. The molecular weight excluding hydrogens is 555 g/mol. The lowest BCUT2D eigenvalue weighted by atomic mass is 9.91. The molecule has 0 aromatic heterocycles. The van der Waals surface area contributed by atoms with E-state index in [4.69, 9.17) is 4.74 Å². The highest BCUT2D eigenvalue weighted by Gasteiger charge is 2.38. The molecule has 1 aliphatic heterocycles. The van der Waals surface area contributed by atoms with E-state index in [1.807, 2.05) is 24.6 Å². The van der Waals surface area contributed by atoms with Crippen LogP contribution >= 0.6 is 23.5 Å². The molecule has 208 valence electrons. The van der Waals surface area contributed by atoms with Gasteiger partial charge < -0.3 is 9.64 Å². The molecule has 1 heterocycles. The summed E-state index contributed by atoms with van der Waals surface area (Å²) in [5.41, 5.74) is -0.341. The summed E-state index contributed by atoms with van der Waals surface area (Å²) in [7, 11) is -3.98. The number of hydrogen-bond donors (Lipinski definition) is 0. The van der Waals surface area contributed by atoms with E-state index in [2.05, 4.69) is 0 Å². The quantitative estimate of drug-likeness (QED) is 0.301. The lowest BCUT2D eigenvalue weighted by Crippen LogP contribution is -2.43. The zero-order valence-corrected chi connectivity index (χ0v) is 24.0. The first-order chi connectivity index (χ1) is 18.0. The van der Waals surface area contributed by atoms with Gasteiger partial charge in [-0.25, -0.2) is 8.42 Å². The summed E-state index contributed by atoms with van der Waals surface area (Å²) in [5.74, 6) is 0.420. The van der Waals surface area contributed by atoms with E-state index >= 15 is 0 Å². The number of rotatable bonds is 9. The van der Waals surface area contributed by atoms with Gasteiger partial charge in [0.25, 0.3) is 5.91 Å². The normalized spacial score (nSPS) is 17.9. The first kappa shape index (κ1) is 29.1. The van der Waals surface area contributed by atoms with Crippen molar-refractivity contribution in [1.82, 2.24) is 4.90 Å². The third kappa shape index (κ3) is 6.31. The van der Waals surface area contributed by atoms with E-state index < -0.39 is 26.8 Å². The monoisotopic (exact) mass is 587 g/mol. The van der Waals surface area contributed by atoms with Crippen molar-refractivity contribution < 1.29 is 31.1 Å². The molecule has 38 heavy (non-hydrogen) atoms. The summed E-state index contributed by atoms with van der Waals surface area (Å²) in [4.78, 5) is 16.8. The molecule has 11 heteroatoms. The number of nitrogens with zero attached hydrogens (tertiary/aromatic N) is 1. The number of likely N-dealkylation sites (tertiary alicyclic amines) is 1. The number of ether oxygens (including phenoxy) is 1. The van der Waals surface area contributed by atoms with Crippen molar-refractivity contribution in [2.75, 3.05) is 25.6 Å². The molecule has 2 aliphatic rings. The van der Waals surface area contributed by atoms with Gasteiger partial charge in [-0.05, 0) is 80.9 Å². The molecule has 1 amide bonds. The fraction of sp³-hybridized carbons (Fsp3) is 0.519. The maximum absolute atomic E-state index is 13.6. The molecule has 1 saturated carbocycles. The van der Waals surface area contributed by atoms with Crippen molar-refractivity contribution in [1.29, 1.82) is 0 Å². The van der Waals surface area contributed by atoms with Crippen LogP contribution in [0.25, 0.3) is 0 Å². The van der Waals surface area contributed by atoms with E-state index in [0.717, 1.165) is 46.6 Å². The minimum Gasteiger partial charge on any atom is -0.490 e. The van der Waals surface area contributed by atoms with Crippen LogP contribution in [-0.4, -0.2) is 56.2 Å². The van der Waals surface area contributed by atoms with Crippen molar-refractivity contribution >= 4 is 39.3 Å². The second-order valence-corrected chi connectivity index (χ2v) is 13.5. The smallest absolute Gasteiger partial charge is 0.416 e. The maximum atomic E-state index is 13.6. The molecule has 5 nitrogen and oxygen atoms in total. The third-order valence-electron chi connectivity index (χ3n) is 7.16. The molecule has 4 rings (SSSR count). The number of amides is 1. The zero-order chi connectivity index (χ0) is 27.7. The molecule has 2 aromatic rings. The van der Waals surface area contributed by atoms with Crippen molar-refractivity contribution in [3.63, 3.8) is 0 Å². The number of halogens is 3. The lowest BCUT2D eigenvalue weighted by Gasteiger charge is -2.36. The highest BCUT2D eigenvalue weighted by atomic mass is 32.2. The van der Waals surface area contributed by atoms with Crippen LogP contribution in [0.5, 0.6) is 5.75 Å². The minimum atomic E-state index is -4.62. The molecule has 2 aromatic carbocycles. The number of piperidine rings is 1. The Morgan fingerprint density at radius 3 is 2.16 bits per heavy atom. The first-order valence-corrected chi connectivity index (χ1v) is 16.6. The Hall–Kier alpha value is -1.85. The summed E-state index contributed by atoms with van der Waals surface area (Å²) in [6, 6.07) is 7.80. The van der Waals surface area contributed by atoms with Crippen molar-refractivity contribution in [3.8, 4) is 5.75 Å². The zero-order valence-electron chi connectivity index (χ0n) is 21.6. The summed E-state index contributed by atoms with van der Waals surface area (Å²) >= 11 is 2.98. The predicted molar refractivity (Wildman–Crippen MR) is 145 cm³/mol. The van der Waals surface area contributed by atoms with Crippen LogP contribution in [-0.2, 0) is 16.0 Å². The van der Waals surface area contributed by atoms with Crippen molar-refractivity contribution in [2.24, 2.45) is 5.92 Å². The Morgan fingerprint density at radius 2 is 1.66 bits per heavy atom. The van der Waals surface area contributed by atoms with Gasteiger partial charge >= 0.3 is 6.18 Å². The van der Waals surface area contributed by atoms with Gasteiger partial charge in [0.05, 0.1) is 27.4 Å². The summed E-state index contributed by atoms with van der Waals surface area (Å²) in [6.07, 6.45) is 2.78. The Balaban J connectivity index is 1.50. The number of sulfone groups is 1. The van der Waals surface area contributed by atoms with Gasteiger partial charge in [-0.3, -0.25) is 4.79 Å². The second kappa shape index (κ2) is 11.7. The van der Waals surface area contributed by atoms with E-state index in [0.29, 0.717) is 31.5 Å². The number of carbonyl (C=O) groups excluding carboxylic acids is 1. The second-order valence-electron chi connectivity index (χ2n) is 9.67. The highest BCUT2D eigenvalue weighted by Crippen LogP contribution is 2.39. The summed E-state index contributed by atoms with van der Waals surface area (Å²) in [6.45, 7) is 2.52. The van der Waals surface area contributed by atoms with Gasteiger partial charge in [0.2, 0.25) is 0 Å². The van der Waals surface area contributed by atoms with Gasteiger partial charge in [0.1, 0.15) is 5.75 Å². The minimum absolute atomic E-state index is 0.0936. The van der Waals surface area contributed by atoms with E-state index in [-0.39, 0.29) is 29.2 Å². The van der Waals surface area contributed by atoms with Gasteiger partial charge in [-0.1, -0.05) is 13.0 Å². The average molecular weight is 588 g/mol. The fourth-order valence-electron chi connectivity index (χ4n) is 5.01. The highest BCUT2D eigenvalue weighted by molar-refractivity contribution is 7.99. The molecule has 2 fully saturated rings. The summed E-state index contributed by atoms with van der Waals surface area (Å²) < 4.78 is 72.3. The average Bonchev–Trinajstić information content (AvgIpc) is 3.72. The van der Waals surface area contributed by atoms with Gasteiger partial charge in [0.15, 0.2) is 9.84 Å². The van der Waals surface area contributed by atoms with Gasteiger partial charge in [-0.15, -0.1) is 23.5 Å². The Kier molecular flexibility index (Phi) is 8.98. The Morgan fingerprint density at radius 1 is 1.05 bits per heavy atom. The Labute approximate surface area is 230 Å². The number of hydrogen-bond acceptors (Lipinski definition) is 6. The summed E-state index contributed by atoms with van der Waals surface area (Å²) in [5, 5.41) is -0.814. The van der Waals surface area contributed by atoms with E-state index in [9.17, 15) is 26.4 Å². The largest absolute Gasteiger partial charge is 0.490 e. The van der Waals surface area contributed by atoms with Crippen molar-refractivity contribution in [3.05, 3.63) is 47.5 Å². The van der Waals surface area contributed by atoms with Crippen LogP contribution in [0.1, 0.15) is 54.9 Å². The van der Waals surface area contributed by atoms with Crippen LogP contribution < -0.4 is 4.74 Å². The number of alkyl halides is 3. The van der Waals surface area contributed by atoms with Crippen LogP contribution in [0.15, 0.2) is 51.1 Å². The molecule has 1 unspecified atom stereocenters. The van der Waals surface area contributed by atoms with Crippen LogP contribution in [0.4, 0.5) is 13.2 Å². The van der Waals surface area contributed by atoms with Gasteiger partial charge in [-0.2, -0.15) is 13.2 Å². The molecule has 0 spiro atoms. The fourth-order valence-corrected chi connectivity index (χ4v) is 8.47. The molecule has 0 bridgehead atoms.